The highest BCUT2D eigenvalue weighted by Gasteiger charge is 2.17. The van der Waals surface area contributed by atoms with Gasteiger partial charge in [0.05, 0.1) is 4.92 Å². The van der Waals surface area contributed by atoms with E-state index in [0.29, 0.717) is 12.2 Å². The molecular formula is C27H22N4O3. The lowest BCUT2D eigenvalue weighted by Crippen LogP contribution is -2.14. The van der Waals surface area contributed by atoms with Crippen LogP contribution in [-0.4, -0.2) is 15.4 Å². The van der Waals surface area contributed by atoms with Gasteiger partial charge in [0.1, 0.15) is 11.6 Å². The molecule has 0 atom stereocenters. The summed E-state index contributed by atoms with van der Waals surface area (Å²) in [5.41, 5.74) is 5.13. The van der Waals surface area contributed by atoms with Gasteiger partial charge in [0.2, 0.25) is 0 Å². The zero-order chi connectivity index (χ0) is 24.2. The lowest BCUT2D eigenvalue weighted by atomic mass is 10.1. The average molecular weight is 450 g/mol. The fourth-order valence-corrected chi connectivity index (χ4v) is 3.95. The first kappa shape index (κ1) is 22.5. The Morgan fingerprint density at radius 3 is 2.41 bits per heavy atom. The minimum absolute atomic E-state index is 0.00425. The van der Waals surface area contributed by atoms with Crippen LogP contribution >= 0.6 is 0 Å². The molecule has 4 rings (SSSR count). The highest BCUT2D eigenvalue weighted by atomic mass is 16.6. The van der Waals surface area contributed by atoms with Gasteiger partial charge in [-0.1, -0.05) is 48.5 Å². The molecule has 1 N–H and O–H groups in total. The van der Waals surface area contributed by atoms with E-state index in [4.69, 9.17) is 0 Å². The summed E-state index contributed by atoms with van der Waals surface area (Å²) in [4.78, 5) is 23.4. The topological polar surface area (TPSA) is 101 Å². The van der Waals surface area contributed by atoms with Gasteiger partial charge in [-0.3, -0.25) is 14.9 Å². The minimum atomic E-state index is -0.469. The van der Waals surface area contributed by atoms with E-state index in [-0.39, 0.29) is 11.3 Å². The fraction of sp³-hybridized carbons (Fsp3) is 0.111. The van der Waals surface area contributed by atoms with E-state index < -0.39 is 10.8 Å². The molecule has 0 aliphatic rings. The molecule has 0 unspecified atom stereocenters. The first-order chi connectivity index (χ1) is 16.4. The van der Waals surface area contributed by atoms with Crippen molar-refractivity contribution in [2.45, 2.75) is 20.4 Å². The van der Waals surface area contributed by atoms with Gasteiger partial charge >= 0.3 is 0 Å². The number of nitriles is 1. The monoisotopic (exact) mass is 450 g/mol. The number of para-hydroxylation sites is 2. The number of nitro groups is 1. The van der Waals surface area contributed by atoms with Crippen molar-refractivity contribution in [3.05, 3.63) is 111 Å². The normalized spacial score (nSPS) is 11.3. The molecule has 7 heteroatoms. The van der Waals surface area contributed by atoms with Gasteiger partial charge in [-0.05, 0) is 43.2 Å². The molecule has 0 saturated heterocycles. The van der Waals surface area contributed by atoms with E-state index in [2.05, 4.69) is 9.88 Å². The number of hydrogen-bond donors (Lipinski definition) is 1. The smallest absolute Gasteiger partial charge is 0.269 e. The van der Waals surface area contributed by atoms with Gasteiger partial charge in [0.15, 0.2) is 0 Å². The number of non-ortho nitro benzene ring substituents is 1. The molecule has 3 aromatic carbocycles. The second-order valence-corrected chi connectivity index (χ2v) is 7.96. The van der Waals surface area contributed by atoms with Gasteiger partial charge < -0.3 is 9.88 Å². The lowest BCUT2D eigenvalue weighted by Gasteiger charge is -2.09. The molecule has 4 aromatic rings. The number of carbonyl (C=O) groups is 1. The van der Waals surface area contributed by atoms with Crippen LogP contribution in [0.3, 0.4) is 0 Å². The molecule has 7 nitrogen and oxygen atoms in total. The zero-order valence-corrected chi connectivity index (χ0v) is 18.8. The highest BCUT2D eigenvalue weighted by molar-refractivity contribution is 6.11. The molecule has 0 spiro atoms. The van der Waals surface area contributed by atoms with Crippen LogP contribution < -0.4 is 5.32 Å². The zero-order valence-electron chi connectivity index (χ0n) is 18.8. The average Bonchev–Trinajstić information content (AvgIpc) is 3.10. The third kappa shape index (κ3) is 4.43. The maximum absolute atomic E-state index is 12.9. The first-order valence-corrected chi connectivity index (χ1v) is 10.7. The minimum Gasteiger partial charge on any atom is -0.340 e. The summed E-state index contributed by atoms with van der Waals surface area (Å²) in [6.45, 7) is 4.32. The molecule has 0 bridgehead atoms. The lowest BCUT2D eigenvalue weighted by molar-refractivity contribution is -0.384. The molecular weight excluding hydrogens is 428 g/mol. The SMILES string of the molecule is Cc1ccccc1NC(=O)/C(C#N)=C\c1c(C)n(Cc2ccc([N+](=O)[O-])cc2)c2ccccc12. The fourth-order valence-electron chi connectivity index (χ4n) is 3.95. The Bertz CT molecular complexity index is 1470. The largest absolute Gasteiger partial charge is 0.340 e. The third-order valence-corrected chi connectivity index (χ3v) is 5.81. The third-order valence-electron chi connectivity index (χ3n) is 5.81. The Hall–Kier alpha value is -4.70. The molecule has 1 amide bonds. The van der Waals surface area contributed by atoms with Gasteiger partial charge in [0.25, 0.3) is 11.6 Å². The Labute approximate surface area is 196 Å². The Kier molecular flexibility index (Phi) is 6.24. The number of anilines is 1. The van der Waals surface area contributed by atoms with Crippen molar-refractivity contribution < 1.29 is 9.72 Å². The number of rotatable bonds is 6. The number of amides is 1. The number of nitro benzene ring substituents is 1. The standard InChI is InChI=1S/C27H22N4O3/c1-18-7-3-5-9-25(18)29-27(32)21(16-28)15-24-19(2)30(26-10-6-4-8-23(24)26)17-20-11-13-22(14-12-20)31(33)34/h3-15H,17H2,1-2H3,(H,29,32)/b21-15-. The second-order valence-electron chi connectivity index (χ2n) is 7.96. The molecule has 0 fully saturated rings. The van der Waals surface area contributed by atoms with Gasteiger partial charge in [-0.2, -0.15) is 5.26 Å². The van der Waals surface area contributed by atoms with Crippen LogP contribution in [0.2, 0.25) is 0 Å². The van der Waals surface area contributed by atoms with Gasteiger partial charge in [-0.15, -0.1) is 0 Å². The number of aromatic nitrogens is 1. The molecule has 0 saturated carbocycles. The highest BCUT2D eigenvalue weighted by Crippen LogP contribution is 2.29. The van der Waals surface area contributed by atoms with E-state index in [1.807, 2.05) is 62.4 Å². The maximum atomic E-state index is 12.9. The Balaban J connectivity index is 1.72. The molecule has 1 aromatic heterocycles. The van der Waals surface area contributed by atoms with Crippen molar-refractivity contribution in [3.63, 3.8) is 0 Å². The van der Waals surface area contributed by atoms with Crippen LogP contribution in [0, 0.1) is 35.3 Å². The van der Waals surface area contributed by atoms with E-state index in [1.165, 1.54) is 12.1 Å². The number of fused-ring (bicyclic) bond motifs is 1. The van der Waals surface area contributed by atoms with E-state index in [1.54, 1.807) is 24.3 Å². The van der Waals surface area contributed by atoms with Crippen molar-refractivity contribution in [2.24, 2.45) is 0 Å². The number of benzene rings is 3. The second kappa shape index (κ2) is 9.43. The van der Waals surface area contributed by atoms with Crippen LogP contribution in [-0.2, 0) is 11.3 Å². The number of aryl methyl sites for hydroxylation is 1. The molecule has 168 valence electrons. The molecule has 0 aliphatic heterocycles. The van der Waals surface area contributed by atoms with E-state index in [0.717, 1.165) is 33.3 Å². The van der Waals surface area contributed by atoms with Crippen molar-refractivity contribution in [1.82, 2.24) is 4.57 Å². The number of nitrogens with one attached hydrogen (secondary N) is 1. The summed E-state index contributed by atoms with van der Waals surface area (Å²) < 4.78 is 2.08. The van der Waals surface area contributed by atoms with Crippen LogP contribution in [0.5, 0.6) is 0 Å². The van der Waals surface area contributed by atoms with Crippen molar-refractivity contribution in [1.29, 1.82) is 5.26 Å². The quantitative estimate of drug-likeness (QED) is 0.175. The van der Waals surface area contributed by atoms with Gasteiger partial charge in [0, 0.05) is 46.5 Å². The summed E-state index contributed by atoms with van der Waals surface area (Å²) in [7, 11) is 0. The van der Waals surface area contributed by atoms with Crippen LogP contribution in [0.25, 0.3) is 17.0 Å². The summed E-state index contributed by atoms with van der Waals surface area (Å²) in [6, 6.07) is 23.6. The summed E-state index contributed by atoms with van der Waals surface area (Å²) in [5.74, 6) is -0.469. The predicted octanol–water partition coefficient (Wildman–Crippen LogP) is 5.76. The summed E-state index contributed by atoms with van der Waals surface area (Å²) >= 11 is 0. The summed E-state index contributed by atoms with van der Waals surface area (Å²) in [5, 5.41) is 24.4. The molecule has 0 radical (unpaired) electrons. The Morgan fingerprint density at radius 1 is 1.06 bits per heavy atom. The van der Waals surface area contributed by atoms with Crippen molar-refractivity contribution >= 4 is 34.3 Å². The van der Waals surface area contributed by atoms with Gasteiger partial charge in [-0.25, -0.2) is 0 Å². The van der Waals surface area contributed by atoms with Crippen molar-refractivity contribution in [3.8, 4) is 6.07 Å². The number of nitrogens with zero attached hydrogens (tertiary/aromatic N) is 3. The van der Waals surface area contributed by atoms with E-state index in [9.17, 15) is 20.2 Å². The van der Waals surface area contributed by atoms with E-state index >= 15 is 0 Å². The Morgan fingerprint density at radius 2 is 1.74 bits per heavy atom. The molecule has 1 heterocycles. The van der Waals surface area contributed by atoms with Crippen molar-refractivity contribution in [2.75, 3.05) is 5.32 Å². The molecule has 0 aliphatic carbocycles. The maximum Gasteiger partial charge on any atom is 0.269 e. The first-order valence-electron chi connectivity index (χ1n) is 10.7. The van der Waals surface area contributed by atoms with Crippen LogP contribution in [0.15, 0.2) is 78.4 Å². The predicted molar refractivity (Wildman–Crippen MR) is 132 cm³/mol. The molecule has 34 heavy (non-hydrogen) atoms. The van der Waals surface area contributed by atoms with Crippen LogP contribution in [0.4, 0.5) is 11.4 Å². The summed E-state index contributed by atoms with van der Waals surface area (Å²) in [6.07, 6.45) is 1.62. The number of carbonyl (C=O) groups excluding carboxylic acids is 1. The van der Waals surface area contributed by atoms with Crippen LogP contribution in [0.1, 0.15) is 22.4 Å². The number of hydrogen-bond acceptors (Lipinski definition) is 4.